The number of para-hydroxylation sites is 2. The summed E-state index contributed by atoms with van der Waals surface area (Å²) in [7, 11) is 1.61. The molecule has 0 aliphatic heterocycles. The van der Waals surface area contributed by atoms with Crippen LogP contribution in [-0.2, 0) is 0 Å². The van der Waals surface area contributed by atoms with E-state index in [1.165, 1.54) is 19.3 Å². The number of nitrogens with one attached hydrogen (secondary N) is 2. The first kappa shape index (κ1) is 20.2. The van der Waals surface area contributed by atoms with Crippen LogP contribution >= 0.6 is 0 Å². The van der Waals surface area contributed by atoms with E-state index in [4.69, 9.17) is 9.84 Å². The Morgan fingerprint density at radius 3 is 2.58 bits per heavy atom. The SMILES string of the molecule is C1CC1.COc1ccccc1Nc1nc2ccc(-c3cccc(NC(=O)O)c3)cn2n1. The molecule has 0 radical (unpaired) electrons. The fraction of sp³-hybridized carbons (Fsp3) is 0.174. The third kappa shape index (κ3) is 5.30. The molecular formula is C23H23N5O3. The number of ether oxygens (including phenoxy) is 1. The highest BCUT2D eigenvalue weighted by atomic mass is 16.5. The van der Waals surface area contributed by atoms with Crippen molar-refractivity contribution in [2.24, 2.45) is 0 Å². The topological polar surface area (TPSA) is 101 Å². The molecule has 0 unspecified atom stereocenters. The average Bonchev–Trinajstić information content (AvgIpc) is 3.60. The van der Waals surface area contributed by atoms with E-state index in [1.807, 2.05) is 48.7 Å². The number of rotatable bonds is 5. The van der Waals surface area contributed by atoms with Gasteiger partial charge in [-0.05, 0) is 42.0 Å². The number of amides is 1. The summed E-state index contributed by atoms with van der Waals surface area (Å²) in [5.74, 6) is 1.15. The molecular weight excluding hydrogens is 394 g/mol. The molecule has 0 saturated heterocycles. The zero-order valence-electron chi connectivity index (χ0n) is 17.1. The first-order chi connectivity index (χ1) is 15.1. The molecule has 0 bridgehead atoms. The Morgan fingerprint density at radius 1 is 1.03 bits per heavy atom. The molecule has 2 heterocycles. The number of hydrogen-bond acceptors (Lipinski definition) is 5. The third-order valence-electron chi connectivity index (χ3n) is 4.49. The summed E-state index contributed by atoms with van der Waals surface area (Å²) in [6.07, 6.45) is 5.24. The van der Waals surface area contributed by atoms with E-state index in [1.54, 1.807) is 29.8 Å². The lowest BCUT2D eigenvalue weighted by Crippen LogP contribution is -2.06. The van der Waals surface area contributed by atoms with Gasteiger partial charge in [-0.2, -0.15) is 4.98 Å². The van der Waals surface area contributed by atoms with Crippen LogP contribution in [0.5, 0.6) is 5.75 Å². The van der Waals surface area contributed by atoms with Gasteiger partial charge < -0.3 is 15.2 Å². The normalized spacial score (nSPS) is 11.9. The van der Waals surface area contributed by atoms with Crippen LogP contribution in [0.4, 0.5) is 22.1 Å². The molecule has 0 spiro atoms. The van der Waals surface area contributed by atoms with Crippen molar-refractivity contribution in [1.82, 2.24) is 14.6 Å². The third-order valence-corrected chi connectivity index (χ3v) is 4.49. The molecule has 1 amide bonds. The second-order valence-electron chi connectivity index (χ2n) is 7.05. The predicted molar refractivity (Wildman–Crippen MR) is 120 cm³/mol. The van der Waals surface area contributed by atoms with E-state index in [2.05, 4.69) is 20.7 Å². The Labute approximate surface area is 179 Å². The fourth-order valence-electron chi connectivity index (χ4n) is 2.88. The summed E-state index contributed by atoms with van der Waals surface area (Å²) < 4.78 is 7.01. The number of aromatic nitrogens is 3. The Balaban J connectivity index is 0.000000710. The summed E-state index contributed by atoms with van der Waals surface area (Å²) >= 11 is 0. The number of methoxy groups -OCH3 is 1. The standard InChI is InChI=1S/C20H17N5O3.C3H6/c1-28-17-8-3-2-7-16(17)22-19-23-18-10-9-14(12-25(18)24-19)13-5-4-6-15(11-13)21-20(26)27;1-2-3-1/h2-12,21H,1H3,(H,22,24)(H,26,27);1-3H2. The van der Waals surface area contributed by atoms with Crippen LogP contribution in [0.1, 0.15) is 19.3 Å². The van der Waals surface area contributed by atoms with Crippen LogP contribution in [-0.4, -0.2) is 32.9 Å². The van der Waals surface area contributed by atoms with Crippen molar-refractivity contribution < 1.29 is 14.6 Å². The zero-order valence-corrected chi connectivity index (χ0v) is 17.1. The molecule has 8 nitrogen and oxygen atoms in total. The van der Waals surface area contributed by atoms with Gasteiger partial charge in [-0.3, -0.25) is 5.32 Å². The van der Waals surface area contributed by atoms with E-state index in [0.717, 1.165) is 16.8 Å². The lowest BCUT2D eigenvalue weighted by Gasteiger charge is -2.07. The molecule has 3 N–H and O–H groups in total. The van der Waals surface area contributed by atoms with Gasteiger partial charge in [0.25, 0.3) is 0 Å². The van der Waals surface area contributed by atoms with Gasteiger partial charge in [0.15, 0.2) is 5.65 Å². The van der Waals surface area contributed by atoms with E-state index in [-0.39, 0.29) is 0 Å². The molecule has 1 aliphatic rings. The second kappa shape index (κ2) is 9.17. The maximum atomic E-state index is 10.8. The molecule has 1 saturated carbocycles. The molecule has 0 atom stereocenters. The van der Waals surface area contributed by atoms with Crippen LogP contribution in [0.25, 0.3) is 16.8 Å². The van der Waals surface area contributed by atoms with Crippen molar-refractivity contribution in [3.05, 3.63) is 66.9 Å². The first-order valence-corrected chi connectivity index (χ1v) is 9.99. The van der Waals surface area contributed by atoms with Gasteiger partial charge >= 0.3 is 6.09 Å². The van der Waals surface area contributed by atoms with Gasteiger partial charge in [0.1, 0.15) is 5.75 Å². The number of pyridine rings is 1. The lowest BCUT2D eigenvalue weighted by atomic mass is 10.1. The number of carbonyl (C=O) groups is 1. The van der Waals surface area contributed by atoms with Crippen LogP contribution < -0.4 is 15.4 Å². The Hall–Kier alpha value is -4.07. The highest BCUT2D eigenvalue weighted by molar-refractivity contribution is 5.84. The zero-order chi connectivity index (χ0) is 21.6. The number of anilines is 3. The van der Waals surface area contributed by atoms with Gasteiger partial charge in [-0.15, -0.1) is 5.10 Å². The predicted octanol–water partition coefficient (Wildman–Crippen LogP) is 5.41. The summed E-state index contributed by atoms with van der Waals surface area (Å²) in [6, 6.07) is 18.5. The fourth-order valence-corrected chi connectivity index (χ4v) is 2.88. The van der Waals surface area contributed by atoms with Crippen molar-refractivity contribution in [2.45, 2.75) is 19.3 Å². The van der Waals surface area contributed by atoms with Gasteiger partial charge in [-0.25, -0.2) is 9.31 Å². The molecule has 2 aromatic heterocycles. The Kier molecular flexibility index (Phi) is 5.98. The first-order valence-electron chi connectivity index (χ1n) is 9.99. The second-order valence-corrected chi connectivity index (χ2v) is 7.05. The Morgan fingerprint density at radius 2 is 1.84 bits per heavy atom. The minimum atomic E-state index is -1.10. The van der Waals surface area contributed by atoms with Crippen LogP contribution in [0.3, 0.4) is 0 Å². The van der Waals surface area contributed by atoms with Crippen LogP contribution in [0.2, 0.25) is 0 Å². The number of hydrogen-bond donors (Lipinski definition) is 3. The maximum Gasteiger partial charge on any atom is 0.409 e. The molecule has 158 valence electrons. The summed E-state index contributed by atoms with van der Waals surface area (Å²) in [6.45, 7) is 0. The van der Waals surface area contributed by atoms with Gasteiger partial charge in [0.2, 0.25) is 5.95 Å². The molecule has 1 aliphatic carbocycles. The van der Waals surface area contributed by atoms with E-state index >= 15 is 0 Å². The van der Waals surface area contributed by atoms with Crippen LogP contribution in [0.15, 0.2) is 66.9 Å². The minimum Gasteiger partial charge on any atom is -0.495 e. The lowest BCUT2D eigenvalue weighted by molar-refractivity contribution is 0.210. The summed E-state index contributed by atoms with van der Waals surface area (Å²) in [5, 5.41) is 18.9. The maximum absolute atomic E-state index is 10.8. The molecule has 4 aromatic rings. The van der Waals surface area contributed by atoms with Crippen molar-refractivity contribution in [3.8, 4) is 16.9 Å². The quantitative estimate of drug-likeness (QED) is 0.401. The van der Waals surface area contributed by atoms with Gasteiger partial charge in [-0.1, -0.05) is 43.5 Å². The average molecular weight is 417 g/mol. The molecule has 8 heteroatoms. The van der Waals surface area contributed by atoms with Crippen molar-refractivity contribution in [3.63, 3.8) is 0 Å². The van der Waals surface area contributed by atoms with E-state index < -0.39 is 6.09 Å². The number of benzene rings is 2. The number of carboxylic acid groups (broad SMARTS) is 1. The number of fused-ring (bicyclic) bond motifs is 1. The van der Waals surface area contributed by atoms with Crippen molar-refractivity contribution in [2.75, 3.05) is 17.7 Å². The summed E-state index contributed by atoms with van der Waals surface area (Å²) in [4.78, 5) is 15.3. The highest BCUT2D eigenvalue weighted by Gasteiger charge is 2.09. The largest absolute Gasteiger partial charge is 0.495 e. The molecule has 1 fully saturated rings. The van der Waals surface area contributed by atoms with Gasteiger partial charge in [0.05, 0.1) is 12.8 Å². The monoisotopic (exact) mass is 417 g/mol. The molecule has 2 aromatic carbocycles. The minimum absolute atomic E-state index is 0.447. The van der Waals surface area contributed by atoms with Gasteiger partial charge in [0, 0.05) is 17.4 Å². The van der Waals surface area contributed by atoms with E-state index in [0.29, 0.717) is 23.0 Å². The molecule has 31 heavy (non-hydrogen) atoms. The highest BCUT2D eigenvalue weighted by Crippen LogP contribution is 2.27. The molecule has 5 rings (SSSR count). The summed E-state index contributed by atoms with van der Waals surface area (Å²) in [5.41, 5.74) is 3.70. The number of nitrogens with zero attached hydrogens (tertiary/aromatic N) is 3. The smallest absolute Gasteiger partial charge is 0.409 e. The Bertz CT molecular complexity index is 1200. The van der Waals surface area contributed by atoms with E-state index in [9.17, 15) is 4.79 Å². The van der Waals surface area contributed by atoms with Crippen molar-refractivity contribution in [1.29, 1.82) is 0 Å². The van der Waals surface area contributed by atoms with Crippen LogP contribution in [0, 0.1) is 0 Å². The van der Waals surface area contributed by atoms with Crippen molar-refractivity contribution >= 4 is 29.1 Å².